The number of hydrogen-bond acceptors (Lipinski definition) is 2. The van der Waals surface area contributed by atoms with Crippen LogP contribution in [0.1, 0.15) is 8.35 Å². The van der Waals surface area contributed by atoms with Crippen LogP contribution in [0.5, 0.6) is 0 Å². The van der Waals surface area contributed by atoms with Crippen molar-refractivity contribution < 1.29 is 44.0 Å². The summed E-state index contributed by atoms with van der Waals surface area (Å²) < 4.78 is 28.2. The number of rotatable bonds is 2. The molecular weight excluding hydrogens is 175 g/mol. The fourth-order valence-corrected chi connectivity index (χ4v) is 0.716. The predicted molar refractivity (Wildman–Crippen MR) is 32.8 cm³/mol. The van der Waals surface area contributed by atoms with Gasteiger partial charge in [0.1, 0.15) is 0 Å². The van der Waals surface area contributed by atoms with Crippen LogP contribution in [0, 0.1) is 0 Å². The average molecular weight is 183 g/mol. The second kappa shape index (κ2) is 4.93. The summed E-state index contributed by atoms with van der Waals surface area (Å²) in [4.78, 5) is 0. The van der Waals surface area contributed by atoms with Crippen molar-refractivity contribution in [3.63, 3.8) is 0 Å². The van der Waals surface area contributed by atoms with Gasteiger partial charge in [-0.05, 0) is 6.92 Å². The largest absolute Gasteiger partial charge is 1.00 e. The molecule has 3 nitrogen and oxygen atoms in total. The molecule has 0 aromatic carbocycles. The molecule has 0 aliphatic rings. The Bertz CT molecular complexity index is 159. The van der Waals surface area contributed by atoms with Crippen LogP contribution in [0.4, 0.5) is 0 Å². The molecule has 1 unspecified atom stereocenters. The first-order valence-corrected chi connectivity index (χ1v) is 4.04. The Balaban J connectivity index is -0.000000245. The summed E-state index contributed by atoms with van der Waals surface area (Å²) in [7, 11) is -3.88. The van der Waals surface area contributed by atoms with E-state index in [1.807, 2.05) is 0 Å². The molecule has 9 heavy (non-hydrogen) atoms. The van der Waals surface area contributed by atoms with Gasteiger partial charge in [-0.2, -0.15) is 8.42 Å². The molecule has 0 saturated carbocycles. The number of alkyl halides is 1. The van der Waals surface area contributed by atoms with Gasteiger partial charge in [-0.3, -0.25) is 4.55 Å². The molecule has 0 aliphatic heterocycles. The molecule has 0 radical (unpaired) electrons. The molecule has 6 heteroatoms. The van der Waals surface area contributed by atoms with Gasteiger partial charge in [0, 0.05) is 5.88 Å². The molecule has 0 aliphatic carbocycles. The van der Waals surface area contributed by atoms with E-state index < -0.39 is 15.4 Å². The first-order chi connectivity index (χ1) is 3.48. The van der Waals surface area contributed by atoms with Crippen molar-refractivity contribution in [1.29, 1.82) is 0 Å². The summed E-state index contributed by atoms with van der Waals surface area (Å²) in [6.45, 7) is 1.34. The van der Waals surface area contributed by atoms with Gasteiger partial charge in [0.2, 0.25) is 0 Å². The molecule has 0 amide bonds. The van der Waals surface area contributed by atoms with Gasteiger partial charge >= 0.3 is 29.6 Å². The third-order valence-corrected chi connectivity index (χ3v) is 2.56. The van der Waals surface area contributed by atoms with Crippen molar-refractivity contribution >= 4 is 21.7 Å². The van der Waals surface area contributed by atoms with E-state index in [9.17, 15) is 8.42 Å². The molecule has 0 spiro atoms. The summed E-state index contributed by atoms with van der Waals surface area (Å²) >= 11 is 5.10. The fraction of sp³-hybridized carbons (Fsp3) is 1.00. The predicted octanol–water partition coefficient (Wildman–Crippen LogP) is -2.38. The van der Waals surface area contributed by atoms with Crippen LogP contribution < -0.4 is 29.6 Å². The van der Waals surface area contributed by atoms with Gasteiger partial charge in [0.05, 0.1) is 5.25 Å². The van der Waals surface area contributed by atoms with E-state index in [0.717, 1.165) is 0 Å². The quantitative estimate of drug-likeness (QED) is 0.295. The molecule has 0 rings (SSSR count). The molecule has 1 N–H and O–H groups in total. The Morgan fingerprint density at radius 2 is 2.11 bits per heavy atom. The van der Waals surface area contributed by atoms with Crippen LogP contribution in [0.2, 0.25) is 0 Å². The van der Waals surface area contributed by atoms with E-state index >= 15 is 0 Å². The average Bonchev–Trinajstić information content (AvgIpc) is 1.62. The van der Waals surface area contributed by atoms with Crippen molar-refractivity contribution in [1.82, 2.24) is 0 Å². The number of hydrogen-bond donors (Lipinski definition) is 1. The maximum absolute atomic E-state index is 10.0. The summed E-state index contributed by atoms with van der Waals surface area (Å²) in [5.41, 5.74) is 0. The normalized spacial score (nSPS) is 14.1. The SMILES string of the molecule is CC(CCl)S(=O)(=O)O.[H-].[Na+]. The van der Waals surface area contributed by atoms with Gasteiger partial charge in [0.25, 0.3) is 10.1 Å². The van der Waals surface area contributed by atoms with Crippen molar-refractivity contribution in [2.45, 2.75) is 12.2 Å². The van der Waals surface area contributed by atoms with Crippen molar-refractivity contribution in [3.05, 3.63) is 0 Å². The zero-order valence-electron chi connectivity index (χ0n) is 6.33. The second-order valence-electron chi connectivity index (χ2n) is 1.48. The summed E-state index contributed by atoms with van der Waals surface area (Å²) in [5, 5.41) is -0.857. The third-order valence-electron chi connectivity index (χ3n) is 0.726. The van der Waals surface area contributed by atoms with E-state index in [-0.39, 0.29) is 36.9 Å². The maximum atomic E-state index is 10.0. The Labute approximate surface area is 83.3 Å². The van der Waals surface area contributed by atoms with E-state index in [1.165, 1.54) is 6.92 Å². The zero-order chi connectivity index (χ0) is 6.78. The molecule has 0 saturated heterocycles. The molecule has 0 heterocycles. The maximum Gasteiger partial charge on any atom is 1.00 e. The summed E-state index contributed by atoms with van der Waals surface area (Å²) in [6, 6.07) is 0. The first kappa shape index (κ1) is 12.8. The second-order valence-corrected chi connectivity index (χ2v) is 3.62. The summed E-state index contributed by atoms with van der Waals surface area (Å²) in [5.74, 6) is -0.0706. The van der Waals surface area contributed by atoms with Crippen LogP contribution in [-0.2, 0) is 10.1 Å². The van der Waals surface area contributed by atoms with Crippen LogP contribution in [0.15, 0.2) is 0 Å². The van der Waals surface area contributed by atoms with Crippen molar-refractivity contribution in [3.8, 4) is 0 Å². The van der Waals surface area contributed by atoms with Crippen LogP contribution >= 0.6 is 11.6 Å². The minimum Gasteiger partial charge on any atom is -1.00 e. The first-order valence-electron chi connectivity index (χ1n) is 2.00. The standard InChI is InChI=1S/C3H7ClO3S.Na.H/c1-3(2-4)8(5,6)7;;/h3H,2H2,1H3,(H,5,6,7);;/q;+1;-1. The van der Waals surface area contributed by atoms with E-state index in [4.69, 9.17) is 16.2 Å². The Morgan fingerprint density at radius 3 is 2.11 bits per heavy atom. The Kier molecular flexibility index (Phi) is 7.04. The van der Waals surface area contributed by atoms with E-state index in [2.05, 4.69) is 0 Å². The molecule has 0 aromatic heterocycles. The van der Waals surface area contributed by atoms with Crippen molar-refractivity contribution in [2.24, 2.45) is 0 Å². The van der Waals surface area contributed by atoms with E-state index in [0.29, 0.717) is 0 Å². The molecule has 0 bridgehead atoms. The Morgan fingerprint density at radius 1 is 1.78 bits per heavy atom. The Hall–Kier alpha value is 1.20. The monoisotopic (exact) mass is 182 g/mol. The molecule has 0 aromatic rings. The summed E-state index contributed by atoms with van der Waals surface area (Å²) in [6.07, 6.45) is 0. The zero-order valence-corrected chi connectivity index (χ0v) is 8.91. The van der Waals surface area contributed by atoms with Gasteiger partial charge in [-0.25, -0.2) is 0 Å². The van der Waals surface area contributed by atoms with Gasteiger partial charge in [0.15, 0.2) is 0 Å². The van der Waals surface area contributed by atoms with Gasteiger partial charge < -0.3 is 1.43 Å². The topological polar surface area (TPSA) is 54.4 Å². The molecule has 1 atom stereocenters. The molecule has 52 valence electrons. The van der Waals surface area contributed by atoms with Crippen molar-refractivity contribution in [2.75, 3.05) is 5.88 Å². The minimum absolute atomic E-state index is 0. The van der Waals surface area contributed by atoms with Gasteiger partial charge in [-0.1, -0.05) is 0 Å². The van der Waals surface area contributed by atoms with E-state index in [1.54, 1.807) is 0 Å². The van der Waals surface area contributed by atoms with Gasteiger partial charge in [-0.15, -0.1) is 11.6 Å². The smallest absolute Gasteiger partial charge is 1.00 e. The van der Waals surface area contributed by atoms with Crippen LogP contribution in [-0.4, -0.2) is 24.1 Å². The van der Waals surface area contributed by atoms with Crippen LogP contribution in [0.3, 0.4) is 0 Å². The molecular formula is C3H8ClNaO3S. The van der Waals surface area contributed by atoms with Crippen LogP contribution in [0.25, 0.3) is 0 Å². The third kappa shape index (κ3) is 5.63. The minimum atomic E-state index is -3.88. The molecule has 0 fully saturated rings. The number of halogens is 1. The fourth-order valence-electron chi connectivity index (χ4n) is 0.0796.